The number of carbonyl (C=O) groups excluding carboxylic acids is 1. The Bertz CT molecular complexity index is 427. The van der Waals surface area contributed by atoms with Gasteiger partial charge in [-0.2, -0.15) is 0 Å². The van der Waals surface area contributed by atoms with Crippen LogP contribution in [0.3, 0.4) is 0 Å². The number of halogens is 1. The third-order valence-corrected chi connectivity index (χ3v) is 2.13. The van der Waals surface area contributed by atoms with Gasteiger partial charge in [0.25, 0.3) is 5.91 Å². The third-order valence-electron chi connectivity index (χ3n) is 2.13. The predicted octanol–water partition coefficient (Wildman–Crippen LogP) is 1.58. The fraction of sp³-hybridized carbons (Fsp3) is 0.462. The van der Waals surface area contributed by atoms with Crippen LogP contribution in [0.15, 0.2) is 18.2 Å². The van der Waals surface area contributed by atoms with Crippen LogP contribution in [0, 0.1) is 5.82 Å². The highest BCUT2D eigenvalue weighted by Crippen LogP contribution is 2.22. The van der Waals surface area contributed by atoms with Gasteiger partial charge in [-0.15, -0.1) is 0 Å². The maximum Gasteiger partial charge on any atom is 0.258 e. The highest BCUT2D eigenvalue weighted by atomic mass is 19.1. The van der Waals surface area contributed by atoms with Crippen molar-refractivity contribution >= 4 is 5.91 Å². The van der Waals surface area contributed by atoms with E-state index in [1.165, 1.54) is 6.07 Å². The number of hydrogen-bond acceptors (Lipinski definition) is 3. The number of rotatable bonds is 4. The lowest BCUT2D eigenvalue weighted by Crippen LogP contribution is -2.43. The molecule has 0 radical (unpaired) electrons. The van der Waals surface area contributed by atoms with Crippen LogP contribution < -0.4 is 15.8 Å². The zero-order chi connectivity index (χ0) is 13.8. The van der Waals surface area contributed by atoms with Crippen molar-refractivity contribution in [3.05, 3.63) is 29.6 Å². The Balaban J connectivity index is 2.66. The predicted molar refractivity (Wildman–Crippen MR) is 67.7 cm³/mol. The second kappa shape index (κ2) is 5.82. The number of ether oxygens (including phenoxy) is 1. The number of amides is 1. The summed E-state index contributed by atoms with van der Waals surface area (Å²) in [6.45, 7) is 5.51. The van der Waals surface area contributed by atoms with E-state index in [0.717, 1.165) is 0 Å². The molecule has 0 fully saturated rings. The Morgan fingerprint density at radius 1 is 1.44 bits per heavy atom. The summed E-state index contributed by atoms with van der Waals surface area (Å²) in [5, 5.41) is 2.73. The lowest BCUT2D eigenvalue weighted by molar-refractivity contribution is -0.124. The van der Waals surface area contributed by atoms with Gasteiger partial charge in [-0.25, -0.2) is 4.39 Å². The molecule has 0 saturated carbocycles. The summed E-state index contributed by atoms with van der Waals surface area (Å²) in [7, 11) is 0. The largest absolute Gasteiger partial charge is 0.480 e. The normalized spacial score (nSPS) is 11.2. The molecule has 1 amide bonds. The maximum absolute atomic E-state index is 13.5. The van der Waals surface area contributed by atoms with E-state index >= 15 is 0 Å². The molecule has 0 aromatic heterocycles. The van der Waals surface area contributed by atoms with Gasteiger partial charge in [-0.3, -0.25) is 4.79 Å². The molecule has 0 heterocycles. The average molecular weight is 254 g/mol. The van der Waals surface area contributed by atoms with Crippen LogP contribution in [-0.2, 0) is 11.3 Å². The first-order valence-electron chi connectivity index (χ1n) is 5.75. The van der Waals surface area contributed by atoms with Gasteiger partial charge in [0.05, 0.1) is 0 Å². The number of nitrogens with one attached hydrogen (secondary N) is 1. The molecule has 0 aliphatic rings. The standard InChI is InChI=1S/C13H19FN2O2/c1-13(2,3)16-11(17)8-18-12-9(7-15)5-4-6-10(12)14/h4-6H,7-8,15H2,1-3H3,(H,16,17). The summed E-state index contributed by atoms with van der Waals surface area (Å²) >= 11 is 0. The molecule has 0 atom stereocenters. The summed E-state index contributed by atoms with van der Waals surface area (Å²) in [6, 6.07) is 4.50. The SMILES string of the molecule is CC(C)(C)NC(=O)COc1c(F)cccc1CN. The number of para-hydroxylation sites is 1. The van der Waals surface area contributed by atoms with Crippen molar-refractivity contribution in [3.8, 4) is 5.75 Å². The Morgan fingerprint density at radius 3 is 2.67 bits per heavy atom. The van der Waals surface area contributed by atoms with E-state index in [0.29, 0.717) is 5.56 Å². The molecule has 0 aliphatic carbocycles. The zero-order valence-corrected chi connectivity index (χ0v) is 10.9. The van der Waals surface area contributed by atoms with Crippen molar-refractivity contribution in [3.63, 3.8) is 0 Å². The van der Waals surface area contributed by atoms with E-state index < -0.39 is 5.82 Å². The lowest BCUT2D eigenvalue weighted by atomic mass is 10.1. The van der Waals surface area contributed by atoms with Gasteiger partial charge in [0.1, 0.15) is 0 Å². The minimum Gasteiger partial charge on any atom is -0.480 e. The van der Waals surface area contributed by atoms with E-state index in [9.17, 15) is 9.18 Å². The summed E-state index contributed by atoms with van der Waals surface area (Å²) in [5.74, 6) is -0.765. The van der Waals surface area contributed by atoms with Gasteiger partial charge in [0, 0.05) is 17.6 Å². The zero-order valence-electron chi connectivity index (χ0n) is 10.9. The highest BCUT2D eigenvalue weighted by molar-refractivity contribution is 5.78. The van der Waals surface area contributed by atoms with Crippen LogP contribution in [0.25, 0.3) is 0 Å². The summed E-state index contributed by atoms with van der Waals surface area (Å²) < 4.78 is 18.7. The first-order chi connectivity index (χ1) is 8.33. The Hall–Kier alpha value is -1.62. The Morgan fingerprint density at radius 2 is 2.11 bits per heavy atom. The van der Waals surface area contributed by atoms with Crippen molar-refractivity contribution in [2.75, 3.05) is 6.61 Å². The molecule has 4 nitrogen and oxygen atoms in total. The van der Waals surface area contributed by atoms with Gasteiger partial charge in [-0.1, -0.05) is 12.1 Å². The molecule has 5 heteroatoms. The summed E-state index contributed by atoms with van der Waals surface area (Å²) in [4.78, 5) is 11.6. The van der Waals surface area contributed by atoms with Gasteiger partial charge in [0.2, 0.25) is 0 Å². The van der Waals surface area contributed by atoms with E-state index in [1.807, 2.05) is 20.8 Å². The van der Waals surface area contributed by atoms with Crippen LogP contribution in [0.5, 0.6) is 5.75 Å². The molecule has 1 aromatic rings. The molecule has 1 aromatic carbocycles. The van der Waals surface area contributed by atoms with E-state index in [2.05, 4.69) is 5.32 Å². The molecule has 3 N–H and O–H groups in total. The number of carbonyl (C=O) groups is 1. The molecule has 0 bridgehead atoms. The minimum absolute atomic E-state index is 0.0454. The lowest BCUT2D eigenvalue weighted by Gasteiger charge is -2.20. The van der Waals surface area contributed by atoms with Crippen LogP contribution >= 0.6 is 0 Å². The van der Waals surface area contributed by atoms with Crippen molar-refractivity contribution in [2.45, 2.75) is 32.9 Å². The molecular formula is C13H19FN2O2. The molecule has 0 aliphatic heterocycles. The molecule has 0 saturated heterocycles. The first-order valence-corrected chi connectivity index (χ1v) is 5.75. The summed E-state index contributed by atoms with van der Waals surface area (Å²) in [6.07, 6.45) is 0. The molecule has 100 valence electrons. The quantitative estimate of drug-likeness (QED) is 0.857. The Labute approximate surface area is 106 Å². The minimum atomic E-state index is -0.512. The monoisotopic (exact) mass is 254 g/mol. The molecule has 1 rings (SSSR count). The van der Waals surface area contributed by atoms with Gasteiger partial charge in [0.15, 0.2) is 18.2 Å². The van der Waals surface area contributed by atoms with E-state index in [4.69, 9.17) is 10.5 Å². The van der Waals surface area contributed by atoms with Gasteiger partial charge in [-0.05, 0) is 26.8 Å². The first kappa shape index (κ1) is 14.4. The second-order valence-corrected chi connectivity index (χ2v) is 5.02. The van der Waals surface area contributed by atoms with Crippen molar-refractivity contribution in [2.24, 2.45) is 5.73 Å². The van der Waals surface area contributed by atoms with Crippen LogP contribution in [0.4, 0.5) is 4.39 Å². The third kappa shape index (κ3) is 4.33. The fourth-order valence-corrected chi connectivity index (χ4v) is 1.47. The Kier molecular flexibility index (Phi) is 4.67. The maximum atomic E-state index is 13.5. The van der Waals surface area contributed by atoms with E-state index in [1.54, 1.807) is 12.1 Å². The van der Waals surface area contributed by atoms with Gasteiger partial charge < -0.3 is 15.8 Å². The van der Waals surface area contributed by atoms with Crippen LogP contribution in [0.2, 0.25) is 0 Å². The molecule has 0 unspecified atom stereocenters. The second-order valence-electron chi connectivity index (χ2n) is 5.02. The van der Waals surface area contributed by atoms with Crippen molar-refractivity contribution in [1.29, 1.82) is 0 Å². The van der Waals surface area contributed by atoms with Crippen LogP contribution in [0.1, 0.15) is 26.3 Å². The smallest absolute Gasteiger partial charge is 0.258 e. The number of benzene rings is 1. The number of nitrogens with two attached hydrogens (primary N) is 1. The molecular weight excluding hydrogens is 235 g/mol. The van der Waals surface area contributed by atoms with Crippen molar-refractivity contribution in [1.82, 2.24) is 5.32 Å². The van der Waals surface area contributed by atoms with E-state index in [-0.39, 0.29) is 30.3 Å². The van der Waals surface area contributed by atoms with Crippen LogP contribution in [-0.4, -0.2) is 18.1 Å². The average Bonchev–Trinajstić information content (AvgIpc) is 2.24. The molecule has 18 heavy (non-hydrogen) atoms. The number of hydrogen-bond donors (Lipinski definition) is 2. The van der Waals surface area contributed by atoms with Gasteiger partial charge >= 0.3 is 0 Å². The fourth-order valence-electron chi connectivity index (χ4n) is 1.47. The molecule has 0 spiro atoms. The van der Waals surface area contributed by atoms with Crippen molar-refractivity contribution < 1.29 is 13.9 Å². The summed E-state index contributed by atoms with van der Waals surface area (Å²) in [5.41, 5.74) is 5.68. The highest BCUT2D eigenvalue weighted by Gasteiger charge is 2.15. The topological polar surface area (TPSA) is 64.3 Å².